The first-order valence-electron chi connectivity index (χ1n) is 8.22. The molecule has 0 spiro atoms. The molecule has 0 radical (unpaired) electrons. The second kappa shape index (κ2) is 8.77. The molecule has 1 N–H and O–H groups in total. The third kappa shape index (κ3) is 4.88. The number of aromatic nitrogens is 1. The fraction of sp³-hybridized carbons (Fsp3) is 0.750. The number of aryl methyl sites for hydroxylation is 1. The molecule has 1 aromatic heterocycles. The fourth-order valence-corrected chi connectivity index (χ4v) is 4.47. The van der Waals surface area contributed by atoms with Gasteiger partial charge in [0.05, 0.1) is 17.2 Å². The zero-order valence-electron chi connectivity index (χ0n) is 14.1. The van der Waals surface area contributed by atoms with Gasteiger partial charge >= 0.3 is 0 Å². The Morgan fingerprint density at radius 3 is 2.95 bits per heavy atom. The molecular weight excluding hydrogens is 312 g/mol. The number of rotatable bonds is 5. The molecule has 1 atom stereocenters. The van der Waals surface area contributed by atoms with Crippen LogP contribution < -0.4 is 5.32 Å². The predicted octanol–water partition coefficient (Wildman–Crippen LogP) is 3.24. The number of thioether (sulfide) groups is 1. The van der Waals surface area contributed by atoms with Crippen LogP contribution in [0.15, 0.2) is 10.4 Å². The van der Waals surface area contributed by atoms with Crippen molar-refractivity contribution in [2.45, 2.75) is 45.9 Å². The summed E-state index contributed by atoms with van der Waals surface area (Å²) in [5.74, 6) is 2.94. The normalized spacial score (nSPS) is 19.8. The van der Waals surface area contributed by atoms with E-state index in [2.05, 4.69) is 60.0 Å². The van der Waals surface area contributed by atoms with Gasteiger partial charge in [-0.25, -0.2) is 9.98 Å². The molecule has 6 heteroatoms. The quantitative estimate of drug-likeness (QED) is 0.660. The largest absolute Gasteiger partial charge is 0.357 e. The van der Waals surface area contributed by atoms with Crippen LogP contribution in [0, 0.1) is 5.92 Å². The summed E-state index contributed by atoms with van der Waals surface area (Å²) in [5.41, 5.74) is 1.09. The highest BCUT2D eigenvalue weighted by atomic mass is 32.2. The minimum Gasteiger partial charge on any atom is -0.357 e. The molecule has 2 rings (SSSR count). The first-order valence-corrected chi connectivity index (χ1v) is 10.1. The van der Waals surface area contributed by atoms with Crippen molar-refractivity contribution in [3.8, 4) is 0 Å². The lowest BCUT2D eigenvalue weighted by Gasteiger charge is -2.36. The molecule has 1 unspecified atom stereocenters. The fourth-order valence-electron chi connectivity index (χ4n) is 2.44. The topological polar surface area (TPSA) is 40.5 Å². The van der Waals surface area contributed by atoms with Crippen molar-refractivity contribution in [1.29, 1.82) is 0 Å². The van der Waals surface area contributed by atoms with Gasteiger partial charge in [-0.2, -0.15) is 11.8 Å². The molecule has 0 aromatic carbocycles. The molecule has 124 valence electrons. The summed E-state index contributed by atoms with van der Waals surface area (Å²) in [6.45, 7) is 12.7. The van der Waals surface area contributed by atoms with Crippen LogP contribution in [-0.2, 0) is 13.0 Å². The first-order chi connectivity index (χ1) is 10.6. The summed E-state index contributed by atoms with van der Waals surface area (Å²) in [4.78, 5) is 11.8. The van der Waals surface area contributed by atoms with Crippen LogP contribution in [0.2, 0.25) is 0 Å². The molecule has 1 aromatic rings. The first kappa shape index (κ1) is 17.6. The molecule has 22 heavy (non-hydrogen) atoms. The summed E-state index contributed by atoms with van der Waals surface area (Å²) in [6, 6.07) is 0. The molecule has 0 aliphatic carbocycles. The molecule has 0 amide bonds. The zero-order chi connectivity index (χ0) is 15.9. The van der Waals surface area contributed by atoms with Gasteiger partial charge in [0.1, 0.15) is 0 Å². The van der Waals surface area contributed by atoms with Crippen LogP contribution in [0.25, 0.3) is 0 Å². The highest BCUT2D eigenvalue weighted by Gasteiger charge is 2.24. The van der Waals surface area contributed by atoms with Gasteiger partial charge in [0.25, 0.3) is 0 Å². The average molecular weight is 341 g/mol. The number of nitrogens with one attached hydrogen (secondary N) is 1. The monoisotopic (exact) mass is 340 g/mol. The van der Waals surface area contributed by atoms with Gasteiger partial charge in [-0.05, 0) is 19.3 Å². The van der Waals surface area contributed by atoms with Gasteiger partial charge in [-0.15, -0.1) is 11.3 Å². The van der Waals surface area contributed by atoms with Gasteiger partial charge in [-0.3, -0.25) is 0 Å². The van der Waals surface area contributed by atoms with Gasteiger partial charge in [0, 0.05) is 36.0 Å². The molecule has 1 saturated heterocycles. The minimum absolute atomic E-state index is 0.675. The number of hydrogen-bond acceptors (Lipinski definition) is 4. The van der Waals surface area contributed by atoms with E-state index in [1.54, 1.807) is 11.3 Å². The molecule has 2 heterocycles. The zero-order valence-corrected chi connectivity index (χ0v) is 15.8. The van der Waals surface area contributed by atoms with Crippen molar-refractivity contribution in [2.24, 2.45) is 10.9 Å². The van der Waals surface area contributed by atoms with Crippen LogP contribution in [0.4, 0.5) is 0 Å². The third-order valence-corrected chi connectivity index (χ3v) is 6.35. The maximum atomic E-state index is 4.82. The van der Waals surface area contributed by atoms with Crippen molar-refractivity contribution < 1.29 is 0 Å². The Balaban J connectivity index is 2.02. The van der Waals surface area contributed by atoms with E-state index in [4.69, 9.17) is 4.99 Å². The van der Waals surface area contributed by atoms with E-state index in [0.29, 0.717) is 17.7 Å². The van der Waals surface area contributed by atoms with E-state index in [1.807, 2.05) is 0 Å². The molecule has 1 aliphatic rings. The molecular formula is C16H28N4S2. The maximum absolute atomic E-state index is 4.82. The SMILES string of the molecule is CCNC(=NCc1csc(CC)n1)N1CCSC(C(C)C)C1. The van der Waals surface area contributed by atoms with E-state index in [9.17, 15) is 0 Å². The van der Waals surface area contributed by atoms with Crippen LogP contribution in [0.5, 0.6) is 0 Å². The molecule has 4 nitrogen and oxygen atoms in total. The van der Waals surface area contributed by atoms with E-state index in [-0.39, 0.29) is 0 Å². The summed E-state index contributed by atoms with van der Waals surface area (Å²) < 4.78 is 0. The van der Waals surface area contributed by atoms with E-state index in [0.717, 1.165) is 37.7 Å². The summed E-state index contributed by atoms with van der Waals surface area (Å²) in [6.07, 6.45) is 1.01. The molecule has 0 saturated carbocycles. The Morgan fingerprint density at radius 1 is 1.50 bits per heavy atom. The van der Waals surface area contributed by atoms with Crippen LogP contribution in [-0.4, -0.2) is 46.5 Å². The molecule has 0 bridgehead atoms. The van der Waals surface area contributed by atoms with Crippen molar-refractivity contribution in [1.82, 2.24) is 15.2 Å². The lowest BCUT2D eigenvalue weighted by atomic mass is 10.1. The number of thiazole rings is 1. The van der Waals surface area contributed by atoms with Crippen LogP contribution in [0.3, 0.4) is 0 Å². The molecule has 1 fully saturated rings. The summed E-state index contributed by atoms with van der Waals surface area (Å²) in [5, 5.41) is 7.48. The Kier molecular flexibility index (Phi) is 7.02. The number of hydrogen-bond donors (Lipinski definition) is 1. The van der Waals surface area contributed by atoms with Crippen molar-refractivity contribution in [2.75, 3.05) is 25.4 Å². The van der Waals surface area contributed by atoms with Crippen molar-refractivity contribution in [3.05, 3.63) is 16.1 Å². The lowest BCUT2D eigenvalue weighted by molar-refractivity contribution is 0.380. The number of aliphatic imine (C=N–C) groups is 1. The average Bonchev–Trinajstić information content (AvgIpc) is 2.99. The Morgan fingerprint density at radius 2 is 2.32 bits per heavy atom. The summed E-state index contributed by atoms with van der Waals surface area (Å²) in [7, 11) is 0. The van der Waals surface area contributed by atoms with Crippen LogP contribution >= 0.6 is 23.1 Å². The van der Waals surface area contributed by atoms with Gasteiger partial charge in [-0.1, -0.05) is 20.8 Å². The van der Waals surface area contributed by atoms with Crippen molar-refractivity contribution >= 4 is 29.1 Å². The van der Waals surface area contributed by atoms with E-state index in [1.165, 1.54) is 10.8 Å². The number of guanidine groups is 1. The van der Waals surface area contributed by atoms with E-state index < -0.39 is 0 Å². The van der Waals surface area contributed by atoms with Crippen molar-refractivity contribution in [3.63, 3.8) is 0 Å². The number of nitrogens with zero attached hydrogens (tertiary/aromatic N) is 3. The van der Waals surface area contributed by atoms with E-state index >= 15 is 0 Å². The minimum atomic E-state index is 0.675. The van der Waals surface area contributed by atoms with Gasteiger partial charge in [0.15, 0.2) is 5.96 Å². The van der Waals surface area contributed by atoms with Gasteiger partial charge in [0.2, 0.25) is 0 Å². The second-order valence-electron chi connectivity index (χ2n) is 5.86. The highest BCUT2D eigenvalue weighted by Crippen LogP contribution is 2.25. The lowest BCUT2D eigenvalue weighted by Crippen LogP contribution is -2.49. The highest BCUT2D eigenvalue weighted by molar-refractivity contribution is 8.00. The summed E-state index contributed by atoms with van der Waals surface area (Å²) >= 11 is 3.83. The predicted molar refractivity (Wildman–Crippen MR) is 99.0 cm³/mol. The van der Waals surface area contributed by atoms with Crippen LogP contribution in [0.1, 0.15) is 38.4 Å². The third-order valence-electron chi connectivity index (χ3n) is 3.76. The Hall–Kier alpha value is -0.750. The molecule has 1 aliphatic heterocycles. The standard InChI is InChI=1S/C16H28N4S2/c1-5-15-19-13(11-22-15)9-18-16(17-6-2)20-7-8-21-14(10-20)12(3)4/h11-12,14H,5-10H2,1-4H3,(H,17,18). The Bertz CT molecular complexity index is 484. The second-order valence-corrected chi connectivity index (χ2v) is 8.15. The van der Waals surface area contributed by atoms with Gasteiger partial charge < -0.3 is 10.2 Å². The maximum Gasteiger partial charge on any atom is 0.194 e. The Labute approximate surface area is 142 Å². The smallest absolute Gasteiger partial charge is 0.194 e.